The first kappa shape index (κ1) is 15.0. The number of carboxylic acid groups (broad SMARTS) is 1. The summed E-state index contributed by atoms with van der Waals surface area (Å²) in [7, 11) is 0. The van der Waals surface area contributed by atoms with Crippen LogP contribution in [-0.2, 0) is 9.53 Å². The van der Waals surface area contributed by atoms with E-state index < -0.39 is 18.8 Å². The van der Waals surface area contributed by atoms with Gasteiger partial charge in [0.15, 0.2) is 0 Å². The first-order valence-electron chi connectivity index (χ1n) is 4.12. The van der Waals surface area contributed by atoms with Crippen LogP contribution < -0.4 is 5.73 Å². The van der Waals surface area contributed by atoms with Gasteiger partial charge < -0.3 is 15.6 Å². The highest BCUT2D eigenvalue weighted by Gasteiger charge is 2.38. The average molecular weight is 251 g/mol. The van der Waals surface area contributed by atoms with Gasteiger partial charge in [-0.3, -0.25) is 0 Å². The Hall–Kier alpha value is -0.960. The average Bonchev–Trinajstić information content (AvgIpc) is 1.99. The molecule has 0 aliphatic heterocycles. The van der Waals surface area contributed by atoms with Gasteiger partial charge in [0.25, 0.3) is 0 Å². The molecule has 0 atom stereocenters. The molecule has 0 amide bonds. The maximum atomic E-state index is 11.4. The lowest BCUT2D eigenvalue weighted by Gasteiger charge is -2.31. The van der Waals surface area contributed by atoms with Crippen molar-refractivity contribution in [1.82, 2.24) is 0 Å². The molecule has 3 N–H and O–H groups in total. The summed E-state index contributed by atoms with van der Waals surface area (Å²) in [5.41, 5.74) is 5.32. The van der Waals surface area contributed by atoms with Gasteiger partial charge >= 0.3 is 18.8 Å². The molecule has 1 saturated carbocycles. The molecule has 1 aliphatic rings. The summed E-state index contributed by atoms with van der Waals surface area (Å²) in [6.07, 6.45) is -4.23. The summed E-state index contributed by atoms with van der Waals surface area (Å²) in [6, 6.07) is 0.0775. The second-order valence-electron chi connectivity index (χ2n) is 3.05. The fourth-order valence-corrected chi connectivity index (χ4v) is 0.863. The third kappa shape index (κ3) is 6.51. The van der Waals surface area contributed by atoms with E-state index in [1.807, 2.05) is 0 Å². The van der Waals surface area contributed by atoms with Crippen molar-refractivity contribution in [2.45, 2.75) is 37.8 Å². The van der Waals surface area contributed by atoms with E-state index in [0.717, 1.165) is 0 Å². The minimum absolute atomic E-state index is 0.0775. The van der Waals surface area contributed by atoms with Crippen molar-refractivity contribution in [2.75, 3.05) is 0 Å². The second kappa shape index (κ2) is 5.94. The highest BCUT2D eigenvalue weighted by molar-refractivity contribution is 5.73. The zero-order valence-electron chi connectivity index (χ0n) is 7.88. The fourth-order valence-electron chi connectivity index (χ4n) is 0.863. The van der Waals surface area contributed by atoms with Crippen LogP contribution in [0.1, 0.15) is 12.8 Å². The van der Waals surface area contributed by atoms with E-state index in [2.05, 4.69) is 4.74 Å². The molecule has 0 aromatic carbocycles. The first-order valence-corrected chi connectivity index (χ1v) is 4.12. The Bertz CT molecular complexity index is 227. The smallest absolute Gasteiger partial charge is 0.475 e. The Balaban J connectivity index is 0.000000293. The van der Waals surface area contributed by atoms with Crippen molar-refractivity contribution in [3.8, 4) is 0 Å². The van der Waals surface area contributed by atoms with E-state index in [1.54, 1.807) is 0 Å². The van der Waals surface area contributed by atoms with Gasteiger partial charge in [-0.05, 0) is 12.8 Å². The Morgan fingerprint density at radius 2 is 1.75 bits per heavy atom. The zero-order valence-corrected chi connectivity index (χ0v) is 7.88. The monoisotopic (exact) mass is 251 g/mol. The second-order valence-corrected chi connectivity index (χ2v) is 3.05. The first-order chi connectivity index (χ1) is 7.12. The number of aliphatic carboxylic acids is 1. The van der Waals surface area contributed by atoms with Gasteiger partial charge in [-0.15, -0.1) is 0 Å². The maximum Gasteiger partial charge on any atom is 0.490 e. The van der Waals surface area contributed by atoms with Crippen LogP contribution in [0.2, 0.25) is 0 Å². The van der Waals surface area contributed by atoms with Crippen molar-refractivity contribution in [2.24, 2.45) is 5.73 Å². The van der Waals surface area contributed by atoms with E-state index in [4.69, 9.17) is 15.6 Å². The molecule has 1 aliphatic carbocycles. The number of carboxylic acids is 1. The predicted molar refractivity (Wildman–Crippen MR) is 41.8 cm³/mol. The molecule has 0 heterocycles. The lowest BCUT2D eigenvalue weighted by Crippen LogP contribution is -2.42. The molecule has 4 nitrogen and oxygen atoms in total. The normalized spacial score (nSPS) is 24.4. The molecule has 9 heteroatoms. The Morgan fingerprint density at radius 3 is 1.94 bits per heavy atom. The van der Waals surface area contributed by atoms with Gasteiger partial charge in [-0.1, -0.05) is 0 Å². The number of rotatable bonds is 2. The van der Waals surface area contributed by atoms with Crippen LogP contribution in [-0.4, -0.2) is 36.0 Å². The standard InChI is InChI=1S/C5H9F2NO.C2HF3O2/c6-5(7)9-4-1-3(8)2-4;3-2(4,5)1(6)7/h3-5H,1-2,8H2;(H,6,7). The van der Waals surface area contributed by atoms with Gasteiger partial charge in [0.1, 0.15) is 0 Å². The van der Waals surface area contributed by atoms with E-state index in [1.165, 1.54) is 0 Å². The Labute approximate surface area is 87.2 Å². The number of hydrogen-bond donors (Lipinski definition) is 2. The minimum atomic E-state index is -5.08. The highest BCUT2D eigenvalue weighted by Crippen LogP contribution is 2.22. The number of ether oxygens (including phenoxy) is 1. The molecule has 0 aromatic heterocycles. The third-order valence-electron chi connectivity index (χ3n) is 1.67. The maximum absolute atomic E-state index is 11.4. The van der Waals surface area contributed by atoms with Crippen molar-refractivity contribution >= 4 is 5.97 Å². The molecule has 0 radical (unpaired) electrons. The van der Waals surface area contributed by atoms with Crippen LogP contribution in [0.25, 0.3) is 0 Å². The van der Waals surface area contributed by atoms with Crippen LogP contribution in [0.15, 0.2) is 0 Å². The van der Waals surface area contributed by atoms with Gasteiger partial charge in [0, 0.05) is 6.04 Å². The SMILES string of the molecule is NC1CC(OC(F)F)C1.O=C(O)C(F)(F)F. The molecule has 16 heavy (non-hydrogen) atoms. The van der Waals surface area contributed by atoms with E-state index in [9.17, 15) is 22.0 Å². The summed E-state index contributed by atoms with van der Waals surface area (Å²) in [6.45, 7) is -2.64. The predicted octanol–water partition coefficient (Wildman–Crippen LogP) is 1.35. The lowest BCUT2D eigenvalue weighted by molar-refractivity contribution is -0.192. The number of carbonyl (C=O) groups is 1. The third-order valence-corrected chi connectivity index (χ3v) is 1.67. The fraction of sp³-hybridized carbons (Fsp3) is 0.857. The van der Waals surface area contributed by atoms with Crippen LogP contribution in [0.5, 0.6) is 0 Å². The lowest BCUT2D eigenvalue weighted by atomic mass is 9.90. The minimum Gasteiger partial charge on any atom is -0.475 e. The molecular weight excluding hydrogens is 241 g/mol. The van der Waals surface area contributed by atoms with E-state index >= 15 is 0 Å². The van der Waals surface area contributed by atoms with Gasteiger partial charge in [0.2, 0.25) is 0 Å². The van der Waals surface area contributed by atoms with E-state index in [0.29, 0.717) is 12.8 Å². The molecular formula is C7H10F5NO3. The van der Waals surface area contributed by atoms with Gasteiger partial charge in [-0.25, -0.2) is 4.79 Å². The summed E-state index contributed by atoms with van der Waals surface area (Å²) in [4.78, 5) is 8.90. The van der Waals surface area contributed by atoms with Crippen LogP contribution >= 0.6 is 0 Å². The molecule has 96 valence electrons. The van der Waals surface area contributed by atoms with Crippen LogP contribution in [0, 0.1) is 0 Å². The van der Waals surface area contributed by atoms with Crippen molar-refractivity contribution < 1.29 is 36.6 Å². The molecule has 0 bridgehead atoms. The number of nitrogens with two attached hydrogens (primary N) is 1. The summed E-state index contributed by atoms with van der Waals surface area (Å²) in [5.74, 6) is -2.76. The summed E-state index contributed by atoms with van der Waals surface area (Å²) in [5, 5.41) is 7.12. The topological polar surface area (TPSA) is 72.5 Å². The van der Waals surface area contributed by atoms with Crippen molar-refractivity contribution in [3.63, 3.8) is 0 Å². The van der Waals surface area contributed by atoms with Crippen molar-refractivity contribution in [3.05, 3.63) is 0 Å². The van der Waals surface area contributed by atoms with Crippen molar-refractivity contribution in [1.29, 1.82) is 0 Å². The Kier molecular flexibility index (Phi) is 5.59. The quantitative estimate of drug-likeness (QED) is 0.726. The van der Waals surface area contributed by atoms with E-state index in [-0.39, 0.29) is 12.1 Å². The largest absolute Gasteiger partial charge is 0.490 e. The van der Waals surface area contributed by atoms with Crippen LogP contribution in [0.4, 0.5) is 22.0 Å². The molecule has 0 aromatic rings. The van der Waals surface area contributed by atoms with Gasteiger partial charge in [-0.2, -0.15) is 22.0 Å². The highest BCUT2D eigenvalue weighted by atomic mass is 19.4. The number of alkyl halides is 5. The summed E-state index contributed by atoms with van der Waals surface area (Å²) >= 11 is 0. The summed E-state index contributed by atoms with van der Waals surface area (Å²) < 4.78 is 58.6. The zero-order chi connectivity index (χ0) is 12.9. The molecule has 0 saturated heterocycles. The molecule has 1 fully saturated rings. The van der Waals surface area contributed by atoms with Crippen LogP contribution in [0.3, 0.4) is 0 Å². The van der Waals surface area contributed by atoms with Gasteiger partial charge in [0.05, 0.1) is 6.10 Å². The number of halogens is 5. The molecule has 0 spiro atoms. The molecule has 0 unspecified atom stereocenters. The molecule has 1 rings (SSSR count). The number of hydrogen-bond acceptors (Lipinski definition) is 3. The Morgan fingerprint density at radius 1 is 1.38 bits per heavy atom.